The second kappa shape index (κ2) is 18.5. The van der Waals surface area contributed by atoms with Gasteiger partial charge in [-0.25, -0.2) is 4.79 Å². The van der Waals surface area contributed by atoms with Gasteiger partial charge in [-0.3, -0.25) is 9.59 Å². The molecule has 0 fully saturated rings. The van der Waals surface area contributed by atoms with E-state index in [1.54, 1.807) is 42.0 Å². The number of para-hydroxylation sites is 1. The predicted molar refractivity (Wildman–Crippen MR) is 181 cm³/mol. The number of aliphatic hydroxyl groups is 1. The van der Waals surface area contributed by atoms with E-state index in [0.29, 0.717) is 42.3 Å². The van der Waals surface area contributed by atoms with E-state index in [4.69, 9.17) is 9.47 Å². The molecule has 0 spiro atoms. The Labute approximate surface area is 274 Å². The van der Waals surface area contributed by atoms with Crippen molar-refractivity contribution in [2.75, 3.05) is 64.6 Å². The fourth-order valence-corrected chi connectivity index (χ4v) is 5.34. The van der Waals surface area contributed by atoms with Crippen molar-refractivity contribution in [3.05, 3.63) is 54.1 Å². The lowest BCUT2D eigenvalue weighted by molar-refractivity contribution is -0.116. The lowest BCUT2D eigenvalue weighted by Crippen LogP contribution is -2.48. The number of urea groups is 1. The Kier molecular flexibility index (Phi) is 14.8. The van der Waals surface area contributed by atoms with Gasteiger partial charge in [0.25, 0.3) is 5.91 Å². The summed E-state index contributed by atoms with van der Waals surface area (Å²) in [6.45, 7) is 7.42. The van der Waals surface area contributed by atoms with Gasteiger partial charge in [-0.1, -0.05) is 25.1 Å². The Bertz CT molecular complexity index is 1260. The topological polar surface area (TPSA) is 124 Å². The summed E-state index contributed by atoms with van der Waals surface area (Å²) in [7, 11) is 5.66. The molecule has 0 bridgehead atoms. The zero-order valence-corrected chi connectivity index (χ0v) is 28.3. The van der Waals surface area contributed by atoms with Gasteiger partial charge in [-0.15, -0.1) is 0 Å². The smallest absolute Gasteiger partial charge is 0.321 e. The van der Waals surface area contributed by atoms with Gasteiger partial charge in [-0.2, -0.15) is 0 Å². The van der Waals surface area contributed by atoms with Gasteiger partial charge in [0.15, 0.2) is 0 Å². The van der Waals surface area contributed by atoms with Gasteiger partial charge in [0.05, 0.1) is 30.4 Å². The van der Waals surface area contributed by atoms with Crippen LogP contribution in [0, 0.1) is 5.92 Å². The van der Waals surface area contributed by atoms with Crippen LogP contribution < -0.4 is 15.4 Å². The van der Waals surface area contributed by atoms with E-state index in [-0.39, 0.29) is 49.1 Å². The van der Waals surface area contributed by atoms with E-state index in [2.05, 4.69) is 10.6 Å². The second-order valence-electron chi connectivity index (χ2n) is 12.6. The Morgan fingerprint density at radius 1 is 1.04 bits per heavy atom. The number of nitrogens with one attached hydrogen (secondary N) is 2. The van der Waals surface area contributed by atoms with Crippen LogP contribution in [0.4, 0.5) is 16.2 Å². The van der Waals surface area contributed by atoms with E-state index >= 15 is 0 Å². The van der Waals surface area contributed by atoms with Gasteiger partial charge < -0.3 is 39.9 Å². The number of hydrogen-bond donors (Lipinski definition) is 3. The average Bonchev–Trinajstić information content (AvgIpc) is 3.02. The van der Waals surface area contributed by atoms with Crippen LogP contribution in [0.1, 0.15) is 63.2 Å². The molecular weight excluding hydrogens is 586 g/mol. The first-order valence-electron chi connectivity index (χ1n) is 16.3. The maximum Gasteiger partial charge on any atom is 0.321 e. The van der Waals surface area contributed by atoms with Crippen LogP contribution in [0.25, 0.3) is 0 Å². The van der Waals surface area contributed by atoms with Gasteiger partial charge in [0.1, 0.15) is 5.75 Å². The SMILES string of the molecule is C[C@@H]1CCCCO[C@H](CN(C)C(=O)Nc2ccccc2)[C@H](C)CN([C@@H](C)CO)C(=O)c2cc(NC(=O)CCCN(C)C)ccc2O1. The molecule has 0 unspecified atom stereocenters. The van der Waals surface area contributed by atoms with Crippen LogP contribution in [-0.2, 0) is 9.53 Å². The molecule has 0 aromatic heterocycles. The summed E-state index contributed by atoms with van der Waals surface area (Å²) in [4.78, 5) is 45.2. The van der Waals surface area contributed by atoms with Crippen molar-refractivity contribution in [3.63, 3.8) is 0 Å². The molecule has 2 aromatic rings. The molecular formula is C35H53N5O6. The van der Waals surface area contributed by atoms with Crippen LogP contribution >= 0.6 is 0 Å². The summed E-state index contributed by atoms with van der Waals surface area (Å²) in [5.74, 6) is -0.187. The third kappa shape index (κ3) is 11.6. The molecule has 1 heterocycles. The Morgan fingerprint density at radius 3 is 2.48 bits per heavy atom. The Morgan fingerprint density at radius 2 is 1.78 bits per heavy atom. The standard InChI is InChI=1S/C35H53N5O6/c1-25-22-40(26(2)24-41)34(43)30-21-29(36-33(42)16-12-19-38(4)5)17-18-31(30)46-27(3)13-10-11-20-45-32(25)23-39(6)35(44)37-28-14-8-7-9-15-28/h7-9,14-15,17-18,21,25-27,32,41H,10-13,16,19-20,22-24H2,1-6H3,(H,36,42)(H,37,44)/t25-,26+,27-,32-/m1/s1. The van der Waals surface area contributed by atoms with Crippen molar-refractivity contribution < 1.29 is 29.0 Å². The number of rotatable bonds is 10. The summed E-state index contributed by atoms with van der Waals surface area (Å²) in [5, 5.41) is 16.0. The summed E-state index contributed by atoms with van der Waals surface area (Å²) < 4.78 is 12.6. The summed E-state index contributed by atoms with van der Waals surface area (Å²) in [6.07, 6.45) is 3.00. The molecule has 2 aromatic carbocycles. The minimum absolute atomic E-state index is 0.126. The number of amides is 4. The maximum atomic E-state index is 14.3. The van der Waals surface area contributed by atoms with Crippen molar-refractivity contribution in [3.8, 4) is 5.75 Å². The lowest BCUT2D eigenvalue weighted by Gasteiger charge is -2.35. The number of nitrogens with zero attached hydrogens (tertiary/aromatic N) is 3. The number of hydrogen-bond acceptors (Lipinski definition) is 7. The first-order valence-corrected chi connectivity index (χ1v) is 16.3. The number of benzene rings is 2. The fraction of sp³-hybridized carbons (Fsp3) is 0.571. The largest absolute Gasteiger partial charge is 0.490 e. The molecule has 4 atom stereocenters. The molecule has 0 saturated heterocycles. The highest BCUT2D eigenvalue weighted by atomic mass is 16.5. The zero-order chi connectivity index (χ0) is 33.6. The van der Waals surface area contributed by atoms with Crippen molar-refractivity contribution >= 4 is 29.2 Å². The minimum Gasteiger partial charge on any atom is -0.490 e. The van der Waals surface area contributed by atoms with E-state index < -0.39 is 6.04 Å². The number of anilines is 2. The normalized spacial score (nSPS) is 20.2. The van der Waals surface area contributed by atoms with Crippen molar-refractivity contribution in [2.24, 2.45) is 5.92 Å². The molecule has 254 valence electrons. The first-order chi connectivity index (χ1) is 22.0. The number of fused-ring (bicyclic) bond motifs is 1. The quantitative estimate of drug-likeness (QED) is 0.337. The molecule has 1 aliphatic rings. The molecule has 4 amide bonds. The molecule has 0 aliphatic carbocycles. The molecule has 3 rings (SSSR count). The van der Waals surface area contributed by atoms with E-state index in [0.717, 1.165) is 32.2 Å². The van der Waals surface area contributed by atoms with Crippen LogP contribution in [0.15, 0.2) is 48.5 Å². The van der Waals surface area contributed by atoms with Crippen molar-refractivity contribution in [2.45, 2.75) is 71.1 Å². The second-order valence-corrected chi connectivity index (χ2v) is 12.6. The van der Waals surface area contributed by atoms with Gasteiger partial charge in [0.2, 0.25) is 5.91 Å². The fourth-order valence-electron chi connectivity index (χ4n) is 5.34. The zero-order valence-electron chi connectivity index (χ0n) is 28.3. The number of likely N-dealkylation sites (N-methyl/N-ethyl adjacent to an activating group) is 1. The van der Waals surface area contributed by atoms with Crippen LogP contribution in [0.3, 0.4) is 0 Å². The summed E-state index contributed by atoms with van der Waals surface area (Å²) in [6, 6.07) is 13.7. The van der Waals surface area contributed by atoms with E-state index in [1.807, 2.05) is 63.2 Å². The first kappa shape index (κ1) is 36.8. The maximum absolute atomic E-state index is 14.3. The molecule has 0 saturated carbocycles. The predicted octanol–water partition coefficient (Wildman–Crippen LogP) is 4.93. The number of carbonyl (C=O) groups excluding carboxylic acids is 3. The highest BCUT2D eigenvalue weighted by Gasteiger charge is 2.31. The molecule has 11 nitrogen and oxygen atoms in total. The van der Waals surface area contributed by atoms with Gasteiger partial charge >= 0.3 is 6.03 Å². The molecule has 46 heavy (non-hydrogen) atoms. The minimum atomic E-state index is -0.503. The number of aliphatic hydroxyl groups excluding tert-OH is 1. The van der Waals surface area contributed by atoms with Crippen molar-refractivity contribution in [1.82, 2.24) is 14.7 Å². The number of ether oxygens (including phenoxy) is 2. The van der Waals surface area contributed by atoms with E-state index in [1.165, 1.54) is 0 Å². The summed E-state index contributed by atoms with van der Waals surface area (Å²) in [5.41, 5.74) is 1.53. The number of carbonyl (C=O) groups is 3. The van der Waals surface area contributed by atoms with E-state index in [9.17, 15) is 19.5 Å². The Balaban J connectivity index is 1.86. The average molecular weight is 640 g/mol. The molecule has 3 N–H and O–H groups in total. The highest BCUT2D eigenvalue weighted by molar-refractivity contribution is 5.99. The van der Waals surface area contributed by atoms with Crippen LogP contribution in [0.5, 0.6) is 5.75 Å². The van der Waals surface area contributed by atoms with Crippen LogP contribution in [0.2, 0.25) is 0 Å². The summed E-state index contributed by atoms with van der Waals surface area (Å²) >= 11 is 0. The lowest BCUT2D eigenvalue weighted by atomic mass is 10.0. The highest BCUT2D eigenvalue weighted by Crippen LogP contribution is 2.28. The van der Waals surface area contributed by atoms with Gasteiger partial charge in [0, 0.05) is 50.5 Å². The molecule has 0 radical (unpaired) electrons. The molecule has 1 aliphatic heterocycles. The molecule has 11 heteroatoms. The third-order valence-corrected chi connectivity index (χ3v) is 8.17. The monoisotopic (exact) mass is 639 g/mol. The van der Waals surface area contributed by atoms with Crippen molar-refractivity contribution in [1.29, 1.82) is 0 Å². The Hall–Kier alpha value is -3.67. The van der Waals surface area contributed by atoms with Gasteiger partial charge in [-0.05, 0) is 90.5 Å². The third-order valence-electron chi connectivity index (χ3n) is 8.17. The van der Waals surface area contributed by atoms with Crippen LogP contribution in [-0.4, -0.2) is 110 Å².